The van der Waals surface area contributed by atoms with Crippen molar-refractivity contribution in [1.82, 2.24) is 10.6 Å². The normalized spacial score (nSPS) is 21.3. The molecular weight excluding hydrogens is 407 g/mol. The molecule has 2 atom stereocenters. The van der Waals surface area contributed by atoms with Crippen LogP contribution in [0.3, 0.4) is 0 Å². The van der Waals surface area contributed by atoms with E-state index in [1.54, 1.807) is 12.1 Å². The molecule has 2 aliphatic rings. The highest BCUT2D eigenvalue weighted by Gasteiger charge is 2.32. The average Bonchev–Trinajstić information content (AvgIpc) is 3.25. The van der Waals surface area contributed by atoms with E-state index in [0.717, 1.165) is 35.6 Å². The number of primary amides is 1. The van der Waals surface area contributed by atoms with Gasteiger partial charge < -0.3 is 27.4 Å². The summed E-state index contributed by atoms with van der Waals surface area (Å²) >= 11 is 13.5. The fraction of sp³-hybridized carbons (Fsp3) is 0.294. The van der Waals surface area contributed by atoms with Gasteiger partial charge in [0.1, 0.15) is 15.9 Å². The molecule has 4 rings (SSSR count). The molecule has 27 heavy (non-hydrogen) atoms. The maximum absolute atomic E-state index is 11.8. The fourth-order valence-corrected chi connectivity index (χ4v) is 4.62. The summed E-state index contributed by atoms with van der Waals surface area (Å²) in [5, 5.41) is 11.6. The highest BCUT2D eigenvalue weighted by Crippen LogP contribution is 2.46. The van der Waals surface area contributed by atoms with Crippen molar-refractivity contribution < 1.29 is 4.79 Å². The molecule has 10 heteroatoms. The van der Waals surface area contributed by atoms with Crippen molar-refractivity contribution in [2.75, 3.05) is 24.1 Å². The Balaban J connectivity index is 1.78. The number of carbonyl (C=O) groups is 1. The van der Waals surface area contributed by atoms with Gasteiger partial charge in [0.05, 0.1) is 15.7 Å². The van der Waals surface area contributed by atoms with Gasteiger partial charge in [-0.1, -0.05) is 29.3 Å². The predicted molar refractivity (Wildman–Crippen MR) is 111 cm³/mol. The van der Waals surface area contributed by atoms with Crippen LogP contribution in [-0.2, 0) is 0 Å². The minimum atomic E-state index is -0.559. The molecule has 0 spiro atoms. The molecule has 3 heterocycles. The number of anilines is 2. The molecule has 0 bridgehead atoms. The van der Waals surface area contributed by atoms with Crippen molar-refractivity contribution in [2.24, 2.45) is 10.7 Å². The minimum Gasteiger partial charge on any atom is -0.397 e. The molecule has 7 nitrogen and oxygen atoms in total. The lowest BCUT2D eigenvalue weighted by molar-refractivity contribution is 0.100. The molecule has 1 saturated heterocycles. The van der Waals surface area contributed by atoms with Crippen LogP contribution in [0.2, 0.25) is 10.0 Å². The summed E-state index contributed by atoms with van der Waals surface area (Å²) in [5.41, 5.74) is 13.6. The van der Waals surface area contributed by atoms with Gasteiger partial charge in [0, 0.05) is 18.2 Å². The summed E-state index contributed by atoms with van der Waals surface area (Å²) in [6, 6.07) is 5.20. The van der Waals surface area contributed by atoms with Crippen molar-refractivity contribution in [1.29, 1.82) is 0 Å². The molecular formula is C17H18Cl2N6OS. The number of aliphatic imine (C=N–C) groups is 1. The Morgan fingerprint density at radius 2 is 2.15 bits per heavy atom. The zero-order valence-electron chi connectivity index (χ0n) is 14.2. The number of hydrogen-bond donors (Lipinski definition) is 5. The Bertz CT molecular complexity index is 938. The van der Waals surface area contributed by atoms with Crippen LogP contribution >= 0.6 is 34.5 Å². The number of nitrogens with zero attached hydrogens (tertiary/aromatic N) is 1. The maximum Gasteiger partial charge on any atom is 0.260 e. The van der Waals surface area contributed by atoms with E-state index >= 15 is 0 Å². The van der Waals surface area contributed by atoms with Crippen LogP contribution in [0.15, 0.2) is 23.2 Å². The average molecular weight is 425 g/mol. The zero-order valence-corrected chi connectivity index (χ0v) is 16.5. The standard InChI is InChI=1S/C17H18Cl2N6OS/c18-9-2-1-7(5-10(9)19)13-11-12(20)14(15(21)26)27-16(11)25-17(24-13)23-8-3-4-22-6-8/h1-2,5,8,13,22H,3-4,6,20H2,(H2,21,26)(H2,23,24,25)/t8-,13?/m0/s1. The van der Waals surface area contributed by atoms with Crippen LogP contribution in [0.1, 0.15) is 33.3 Å². The molecule has 2 aliphatic heterocycles. The molecule has 1 amide bonds. The van der Waals surface area contributed by atoms with E-state index < -0.39 is 11.9 Å². The van der Waals surface area contributed by atoms with Crippen LogP contribution in [0.25, 0.3) is 0 Å². The lowest BCUT2D eigenvalue weighted by Crippen LogP contribution is -2.42. The molecule has 2 aromatic rings. The second-order valence-corrected chi connectivity index (χ2v) is 8.30. The van der Waals surface area contributed by atoms with Gasteiger partial charge in [-0.25, -0.2) is 4.99 Å². The van der Waals surface area contributed by atoms with E-state index in [9.17, 15) is 4.79 Å². The first-order chi connectivity index (χ1) is 12.9. The lowest BCUT2D eigenvalue weighted by Gasteiger charge is -2.26. The van der Waals surface area contributed by atoms with Crippen molar-refractivity contribution >= 4 is 57.1 Å². The van der Waals surface area contributed by atoms with Crippen LogP contribution in [-0.4, -0.2) is 31.0 Å². The molecule has 1 unspecified atom stereocenters. The van der Waals surface area contributed by atoms with E-state index in [1.165, 1.54) is 11.3 Å². The van der Waals surface area contributed by atoms with E-state index in [0.29, 0.717) is 26.6 Å². The highest BCUT2D eigenvalue weighted by atomic mass is 35.5. The lowest BCUT2D eigenvalue weighted by atomic mass is 9.98. The molecule has 1 aromatic carbocycles. The molecule has 142 valence electrons. The van der Waals surface area contributed by atoms with Gasteiger partial charge in [-0.05, 0) is 30.7 Å². The third kappa shape index (κ3) is 3.45. The minimum absolute atomic E-state index is 0.278. The maximum atomic E-state index is 11.8. The van der Waals surface area contributed by atoms with Gasteiger partial charge in [0.15, 0.2) is 5.96 Å². The van der Waals surface area contributed by atoms with E-state index in [1.807, 2.05) is 6.07 Å². The second-order valence-electron chi connectivity index (χ2n) is 6.46. The first kappa shape index (κ1) is 18.4. The summed E-state index contributed by atoms with van der Waals surface area (Å²) in [6.45, 7) is 1.83. The van der Waals surface area contributed by atoms with Crippen LogP contribution in [0.4, 0.5) is 10.7 Å². The van der Waals surface area contributed by atoms with Gasteiger partial charge in [-0.2, -0.15) is 0 Å². The van der Waals surface area contributed by atoms with E-state index in [2.05, 4.69) is 16.0 Å². The number of rotatable bonds is 3. The van der Waals surface area contributed by atoms with E-state index in [-0.39, 0.29) is 6.04 Å². The molecule has 0 radical (unpaired) electrons. The monoisotopic (exact) mass is 424 g/mol. The predicted octanol–water partition coefficient (Wildman–Crippen LogP) is 2.56. The Labute approximate surface area is 170 Å². The number of nitrogen functional groups attached to an aromatic ring is 1. The first-order valence-electron chi connectivity index (χ1n) is 8.43. The number of nitrogens with one attached hydrogen (secondary N) is 3. The Morgan fingerprint density at radius 1 is 1.33 bits per heavy atom. The second kappa shape index (κ2) is 7.20. The van der Waals surface area contributed by atoms with Gasteiger partial charge >= 0.3 is 0 Å². The first-order valence-corrected chi connectivity index (χ1v) is 10.00. The van der Waals surface area contributed by atoms with Crippen molar-refractivity contribution in [3.05, 3.63) is 44.2 Å². The molecule has 0 aliphatic carbocycles. The van der Waals surface area contributed by atoms with Crippen molar-refractivity contribution in [3.63, 3.8) is 0 Å². The van der Waals surface area contributed by atoms with Gasteiger partial charge in [-0.15, -0.1) is 11.3 Å². The zero-order chi connectivity index (χ0) is 19.1. The quantitative estimate of drug-likeness (QED) is 0.518. The molecule has 7 N–H and O–H groups in total. The summed E-state index contributed by atoms with van der Waals surface area (Å²) in [4.78, 5) is 16.9. The number of nitrogens with two attached hydrogens (primary N) is 2. The molecule has 1 fully saturated rings. The SMILES string of the molecule is NC(=O)c1sc2c(c1N)C(c1ccc(Cl)c(Cl)c1)N=C(N[C@H]1CCNC1)N2. The van der Waals surface area contributed by atoms with Gasteiger partial charge in [-0.3, -0.25) is 4.79 Å². The summed E-state index contributed by atoms with van der Waals surface area (Å²) in [6.07, 6.45) is 1.00. The number of benzene rings is 1. The van der Waals surface area contributed by atoms with Crippen LogP contribution in [0, 0.1) is 0 Å². The Hall–Kier alpha value is -2.00. The number of carbonyl (C=O) groups excluding carboxylic acids is 1. The van der Waals surface area contributed by atoms with E-state index in [4.69, 9.17) is 39.7 Å². The topological polar surface area (TPSA) is 118 Å². The number of thiophene rings is 1. The summed E-state index contributed by atoms with van der Waals surface area (Å²) in [5.74, 6) is 0.0700. The van der Waals surface area contributed by atoms with Crippen LogP contribution in [0.5, 0.6) is 0 Å². The number of fused-ring (bicyclic) bond motifs is 1. The number of amides is 1. The number of hydrogen-bond acceptors (Lipinski definition) is 7. The van der Waals surface area contributed by atoms with Gasteiger partial charge in [0.25, 0.3) is 5.91 Å². The number of halogens is 2. The summed E-state index contributed by atoms with van der Waals surface area (Å²) < 4.78 is 0. The smallest absolute Gasteiger partial charge is 0.260 e. The van der Waals surface area contributed by atoms with Crippen molar-refractivity contribution in [2.45, 2.75) is 18.5 Å². The largest absolute Gasteiger partial charge is 0.397 e. The highest BCUT2D eigenvalue weighted by molar-refractivity contribution is 7.19. The Morgan fingerprint density at radius 3 is 2.81 bits per heavy atom. The Kier molecular flexibility index (Phi) is 4.90. The summed E-state index contributed by atoms with van der Waals surface area (Å²) in [7, 11) is 0. The van der Waals surface area contributed by atoms with Crippen molar-refractivity contribution in [3.8, 4) is 0 Å². The number of guanidine groups is 1. The molecule has 1 aromatic heterocycles. The van der Waals surface area contributed by atoms with Crippen LogP contribution < -0.4 is 27.4 Å². The third-order valence-corrected chi connectivity index (χ3v) is 6.52. The third-order valence-electron chi connectivity index (χ3n) is 4.63. The fourth-order valence-electron chi connectivity index (χ4n) is 3.31. The molecule has 0 saturated carbocycles. The van der Waals surface area contributed by atoms with Gasteiger partial charge in [0.2, 0.25) is 0 Å².